The highest BCUT2D eigenvalue weighted by atomic mass is 19.1. The average Bonchev–Trinajstić information content (AvgIpc) is 2.74. The fourth-order valence-corrected chi connectivity index (χ4v) is 2.09. The van der Waals surface area contributed by atoms with Gasteiger partial charge in [-0.05, 0) is 49.7 Å². The van der Waals surface area contributed by atoms with Crippen molar-refractivity contribution in [1.82, 2.24) is 15.0 Å². The van der Waals surface area contributed by atoms with E-state index in [0.29, 0.717) is 0 Å². The number of nitrogens with zero attached hydrogens (tertiary/aromatic N) is 2. The van der Waals surface area contributed by atoms with Gasteiger partial charge in [-0.3, -0.25) is 0 Å². The number of hydrogen-bond donors (Lipinski definition) is 1. The predicted molar refractivity (Wildman–Crippen MR) is 68.8 cm³/mol. The van der Waals surface area contributed by atoms with Gasteiger partial charge in [0.1, 0.15) is 11.6 Å². The molecule has 90 valence electrons. The maximum atomic E-state index is 12.9. The molecular weight excluding hydrogens is 229 g/mol. The lowest BCUT2D eigenvalue weighted by molar-refractivity contribution is 0.628. The molecule has 18 heavy (non-hydrogen) atoms. The van der Waals surface area contributed by atoms with E-state index in [1.165, 1.54) is 12.1 Å². The molecule has 0 radical (unpaired) electrons. The average molecular weight is 241 g/mol. The van der Waals surface area contributed by atoms with Crippen molar-refractivity contribution in [2.45, 2.75) is 13.8 Å². The van der Waals surface area contributed by atoms with Gasteiger partial charge in [0.2, 0.25) is 0 Å². The van der Waals surface area contributed by atoms with Gasteiger partial charge in [-0.15, -0.1) is 0 Å². The van der Waals surface area contributed by atoms with Crippen molar-refractivity contribution in [3.63, 3.8) is 0 Å². The molecule has 0 aliphatic heterocycles. The van der Waals surface area contributed by atoms with Crippen molar-refractivity contribution >= 4 is 11.0 Å². The summed E-state index contributed by atoms with van der Waals surface area (Å²) in [4.78, 5) is 12.0. The fourth-order valence-electron chi connectivity index (χ4n) is 2.09. The molecule has 0 spiro atoms. The van der Waals surface area contributed by atoms with E-state index < -0.39 is 0 Å². The van der Waals surface area contributed by atoms with E-state index in [9.17, 15) is 4.39 Å². The van der Waals surface area contributed by atoms with Crippen molar-refractivity contribution in [2.24, 2.45) is 0 Å². The maximum Gasteiger partial charge on any atom is 0.126 e. The number of nitrogens with one attached hydrogen (secondary N) is 1. The van der Waals surface area contributed by atoms with Crippen LogP contribution in [0.4, 0.5) is 4.39 Å². The zero-order valence-corrected chi connectivity index (χ0v) is 10.2. The van der Waals surface area contributed by atoms with Crippen LogP contribution >= 0.6 is 0 Å². The van der Waals surface area contributed by atoms with Gasteiger partial charge in [-0.2, -0.15) is 0 Å². The van der Waals surface area contributed by atoms with Crippen LogP contribution in [0.2, 0.25) is 0 Å². The van der Waals surface area contributed by atoms with Crippen LogP contribution in [0.5, 0.6) is 0 Å². The van der Waals surface area contributed by atoms with Crippen molar-refractivity contribution in [1.29, 1.82) is 0 Å². The third kappa shape index (κ3) is 1.76. The highest BCUT2D eigenvalue weighted by Crippen LogP contribution is 2.24. The van der Waals surface area contributed by atoms with Gasteiger partial charge in [0.15, 0.2) is 0 Å². The fraction of sp³-hybridized carbons (Fsp3) is 0.143. The van der Waals surface area contributed by atoms with E-state index in [-0.39, 0.29) is 5.82 Å². The lowest BCUT2D eigenvalue weighted by Crippen LogP contribution is -1.91. The number of aromatic nitrogens is 3. The summed E-state index contributed by atoms with van der Waals surface area (Å²) in [6.07, 6.45) is 0. The molecule has 0 fully saturated rings. The van der Waals surface area contributed by atoms with Gasteiger partial charge < -0.3 is 4.98 Å². The molecule has 2 aromatic heterocycles. The first-order valence-electron chi connectivity index (χ1n) is 5.73. The number of aryl methyl sites for hydroxylation is 2. The molecule has 0 bridgehead atoms. The molecule has 0 aliphatic rings. The Hall–Kier alpha value is -2.23. The van der Waals surface area contributed by atoms with Crippen LogP contribution in [0.25, 0.3) is 22.3 Å². The summed E-state index contributed by atoms with van der Waals surface area (Å²) in [5.74, 6) is 0.520. The van der Waals surface area contributed by atoms with Gasteiger partial charge in [0.25, 0.3) is 0 Å². The second-order valence-electron chi connectivity index (χ2n) is 4.31. The van der Waals surface area contributed by atoms with Crippen LogP contribution < -0.4 is 0 Å². The smallest absolute Gasteiger partial charge is 0.126 e. The second-order valence-corrected chi connectivity index (χ2v) is 4.31. The van der Waals surface area contributed by atoms with Gasteiger partial charge in [-0.25, -0.2) is 14.4 Å². The van der Waals surface area contributed by atoms with Crippen LogP contribution in [0.1, 0.15) is 11.5 Å². The largest absolute Gasteiger partial charge is 0.352 e. The van der Waals surface area contributed by atoms with E-state index in [1.54, 1.807) is 12.1 Å². The van der Waals surface area contributed by atoms with Crippen LogP contribution in [0.15, 0.2) is 30.3 Å². The molecule has 2 heterocycles. The number of hydrogen-bond acceptors (Lipinski definition) is 2. The third-order valence-electron chi connectivity index (χ3n) is 2.93. The standard InChI is InChI=1S/C14H12FN3/c1-8-14-13(17-9(2)16-8)7-12(18-14)10-3-5-11(15)6-4-10/h3-7,18H,1-2H3. The summed E-state index contributed by atoms with van der Waals surface area (Å²) in [7, 11) is 0. The molecule has 1 aromatic carbocycles. The molecule has 4 heteroatoms. The summed E-state index contributed by atoms with van der Waals surface area (Å²) in [6, 6.07) is 8.35. The summed E-state index contributed by atoms with van der Waals surface area (Å²) in [5.41, 5.74) is 4.60. The topological polar surface area (TPSA) is 41.6 Å². The Kier molecular flexibility index (Phi) is 2.37. The monoisotopic (exact) mass is 241 g/mol. The number of H-pyrrole nitrogens is 1. The molecule has 0 unspecified atom stereocenters. The Balaban J connectivity index is 2.19. The Morgan fingerprint density at radius 1 is 1.06 bits per heavy atom. The molecule has 0 amide bonds. The number of fused-ring (bicyclic) bond motifs is 1. The first-order valence-corrected chi connectivity index (χ1v) is 5.73. The van der Waals surface area contributed by atoms with E-state index in [2.05, 4.69) is 15.0 Å². The van der Waals surface area contributed by atoms with Crippen molar-refractivity contribution in [2.75, 3.05) is 0 Å². The summed E-state index contributed by atoms with van der Waals surface area (Å²) < 4.78 is 12.9. The highest BCUT2D eigenvalue weighted by Gasteiger charge is 2.08. The maximum absolute atomic E-state index is 12.9. The minimum absolute atomic E-state index is 0.235. The number of aromatic amines is 1. The quantitative estimate of drug-likeness (QED) is 0.709. The molecule has 0 saturated heterocycles. The lowest BCUT2D eigenvalue weighted by Gasteiger charge is -1.97. The van der Waals surface area contributed by atoms with E-state index >= 15 is 0 Å². The van der Waals surface area contributed by atoms with Crippen LogP contribution in [0.3, 0.4) is 0 Å². The van der Waals surface area contributed by atoms with E-state index in [4.69, 9.17) is 0 Å². The number of benzene rings is 1. The van der Waals surface area contributed by atoms with Gasteiger partial charge >= 0.3 is 0 Å². The summed E-state index contributed by atoms with van der Waals surface area (Å²) in [5, 5.41) is 0. The van der Waals surface area contributed by atoms with Crippen LogP contribution in [-0.2, 0) is 0 Å². The first kappa shape index (κ1) is 10.9. The van der Waals surface area contributed by atoms with Crippen molar-refractivity contribution in [3.8, 4) is 11.3 Å². The Bertz CT molecular complexity index is 714. The molecule has 3 aromatic rings. The number of halogens is 1. The van der Waals surface area contributed by atoms with Crippen LogP contribution in [-0.4, -0.2) is 15.0 Å². The molecule has 0 atom stereocenters. The van der Waals surface area contributed by atoms with E-state index in [0.717, 1.165) is 33.8 Å². The lowest BCUT2D eigenvalue weighted by atomic mass is 10.1. The van der Waals surface area contributed by atoms with Crippen LogP contribution in [0, 0.1) is 19.7 Å². The Morgan fingerprint density at radius 2 is 1.78 bits per heavy atom. The Labute approximate surface area is 104 Å². The minimum Gasteiger partial charge on any atom is -0.352 e. The van der Waals surface area contributed by atoms with E-state index in [1.807, 2.05) is 19.9 Å². The molecule has 0 aliphatic carbocycles. The summed E-state index contributed by atoms with van der Waals surface area (Å²) in [6.45, 7) is 3.82. The molecule has 3 rings (SSSR count). The highest BCUT2D eigenvalue weighted by molar-refractivity contribution is 5.84. The SMILES string of the molecule is Cc1nc(C)c2[nH]c(-c3ccc(F)cc3)cc2n1. The normalized spacial score (nSPS) is 11.1. The number of rotatable bonds is 1. The Morgan fingerprint density at radius 3 is 2.50 bits per heavy atom. The summed E-state index contributed by atoms with van der Waals surface area (Å²) >= 11 is 0. The predicted octanol–water partition coefficient (Wildman–Crippen LogP) is 3.38. The molecule has 1 N–H and O–H groups in total. The van der Waals surface area contributed by atoms with Gasteiger partial charge in [0, 0.05) is 5.69 Å². The molecule has 3 nitrogen and oxygen atoms in total. The van der Waals surface area contributed by atoms with Crippen molar-refractivity contribution in [3.05, 3.63) is 47.7 Å². The second kappa shape index (κ2) is 3.91. The van der Waals surface area contributed by atoms with Crippen molar-refractivity contribution < 1.29 is 4.39 Å². The van der Waals surface area contributed by atoms with Gasteiger partial charge in [0.05, 0.1) is 16.7 Å². The zero-order valence-electron chi connectivity index (χ0n) is 10.2. The van der Waals surface area contributed by atoms with Gasteiger partial charge in [-0.1, -0.05) is 0 Å². The first-order chi connectivity index (χ1) is 8.63. The minimum atomic E-state index is -0.235. The molecule has 0 saturated carbocycles. The third-order valence-corrected chi connectivity index (χ3v) is 2.93. The molecular formula is C14H12FN3. The zero-order chi connectivity index (χ0) is 12.7.